The summed E-state index contributed by atoms with van der Waals surface area (Å²) in [6, 6.07) is 4.80. The van der Waals surface area contributed by atoms with Crippen molar-refractivity contribution in [1.29, 1.82) is 0 Å². The molecule has 1 N–H and O–H groups in total. The number of hydrogen-bond acceptors (Lipinski definition) is 4. The summed E-state index contributed by atoms with van der Waals surface area (Å²) in [6.45, 7) is 1.74. The highest BCUT2D eigenvalue weighted by molar-refractivity contribution is 7.89. The minimum absolute atomic E-state index is 0.0529. The van der Waals surface area contributed by atoms with Gasteiger partial charge in [0.1, 0.15) is 11.5 Å². The van der Waals surface area contributed by atoms with E-state index in [4.69, 9.17) is 21.1 Å². The third-order valence-corrected chi connectivity index (χ3v) is 4.47. The molecule has 0 spiro atoms. The SMILES string of the molecule is COc1ccc(OC)c(C(C)NS(=O)(=O)CCCl)c1. The van der Waals surface area contributed by atoms with Gasteiger partial charge in [0.05, 0.1) is 20.0 Å². The van der Waals surface area contributed by atoms with Crippen molar-refractivity contribution in [3.05, 3.63) is 23.8 Å². The van der Waals surface area contributed by atoms with Gasteiger partial charge in [-0.1, -0.05) is 0 Å². The first-order valence-electron chi connectivity index (χ1n) is 5.71. The fraction of sp³-hybridized carbons (Fsp3) is 0.500. The molecule has 7 heteroatoms. The van der Waals surface area contributed by atoms with Crippen molar-refractivity contribution in [2.75, 3.05) is 25.9 Å². The van der Waals surface area contributed by atoms with Crippen LogP contribution in [0.4, 0.5) is 0 Å². The average Bonchev–Trinajstić information content (AvgIpc) is 2.37. The molecule has 108 valence electrons. The summed E-state index contributed by atoms with van der Waals surface area (Å²) < 4.78 is 36.3. The van der Waals surface area contributed by atoms with Gasteiger partial charge < -0.3 is 9.47 Å². The van der Waals surface area contributed by atoms with Crippen LogP contribution in [0.5, 0.6) is 11.5 Å². The van der Waals surface area contributed by atoms with Crippen LogP contribution in [-0.4, -0.2) is 34.3 Å². The molecule has 0 aliphatic rings. The summed E-state index contributed by atoms with van der Waals surface area (Å²) >= 11 is 5.46. The lowest BCUT2D eigenvalue weighted by Crippen LogP contribution is -2.29. The van der Waals surface area contributed by atoms with Gasteiger partial charge in [-0.05, 0) is 25.1 Å². The molecule has 0 saturated carbocycles. The van der Waals surface area contributed by atoms with Crippen LogP contribution in [0.15, 0.2) is 18.2 Å². The predicted octanol–water partition coefficient (Wildman–Crippen LogP) is 1.92. The van der Waals surface area contributed by atoms with E-state index in [1.165, 1.54) is 7.11 Å². The smallest absolute Gasteiger partial charge is 0.213 e. The van der Waals surface area contributed by atoms with E-state index in [-0.39, 0.29) is 11.6 Å². The Labute approximate surface area is 118 Å². The lowest BCUT2D eigenvalue weighted by Gasteiger charge is -2.18. The first-order valence-corrected chi connectivity index (χ1v) is 7.90. The van der Waals surface area contributed by atoms with Gasteiger partial charge in [0, 0.05) is 17.5 Å². The van der Waals surface area contributed by atoms with E-state index in [9.17, 15) is 8.42 Å². The van der Waals surface area contributed by atoms with Crippen molar-refractivity contribution in [2.24, 2.45) is 0 Å². The summed E-state index contributed by atoms with van der Waals surface area (Å²) in [5.41, 5.74) is 0.708. The van der Waals surface area contributed by atoms with Gasteiger partial charge in [-0.25, -0.2) is 13.1 Å². The van der Waals surface area contributed by atoms with Crippen LogP contribution in [0.25, 0.3) is 0 Å². The molecule has 0 aliphatic carbocycles. The number of hydrogen-bond donors (Lipinski definition) is 1. The molecule has 0 bridgehead atoms. The highest BCUT2D eigenvalue weighted by Crippen LogP contribution is 2.29. The van der Waals surface area contributed by atoms with Crippen molar-refractivity contribution in [3.63, 3.8) is 0 Å². The van der Waals surface area contributed by atoms with E-state index in [0.717, 1.165) is 0 Å². The lowest BCUT2D eigenvalue weighted by atomic mass is 10.1. The summed E-state index contributed by atoms with van der Waals surface area (Å²) in [7, 11) is -0.319. The molecular weight excluding hydrogens is 290 g/mol. The van der Waals surface area contributed by atoms with Gasteiger partial charge in [0.2, 0.25) is 10.0 Å². The monoisotopic (exact) mass is 307 g/mol. The molecule has 0 heterocycles. The lowest BCUT2D eigenvalue weighted by molar-refractivity contribution is 0.395. The number of ether oxygens (including phenoxy) is 2. The van der Waals surface area contributed by atoms with Gasteiger partial charge in [-0.2, -0.15) is 0 Å². The predicted molar refractivity (Wildman–Crippen MR) is 75.6 cm³/mol. The minimum atomic E-state index is -3.40. The third kappa shape index (κ3) is 4.56. The molecule has 1 unspecified atom stereocenters. The van der Waals surface area contributed by atoms with Crippen molar-refractivity contribution in [2.45, 2.75) is 13.0 Å². The van der Waals surface area contributed by atoms with Crippen LogP contribution < -0.4 is 14.2 Å². The average molecular weight is 308 g/mol. The number of rotatable bonds is 7. The van der Waals surface area contributed by atoms with Crippen LogP contribution in [0.3, 0.4) is 0 Å². The zero-order chi connectivity index (χ0) is 14.5. The fourth-order valence-electron chi connectivity index (χ4n) is 1.67. The van der Waals surface area contributed by atoms with E-state index in [1.54, 1.807) is 32.2 Å². The van der Waals surface area contributed by atoms with Crippen molar-refractivity contribution in [3.8, 4) is 11.5 Å². The summed E-state index contributed by atoms with van der Waals surface area (Å²) in [4.78, 5) is 0. The third-order valence-electron chi connectivity index (χ3n) is 2.61. The Hall–Kier alpha value is -0.980. The van der Waals surface area contributed by atoms with Crippen LogP contribution in [0, 0.1) is 0 Å². The number of benzene rings is 1. The van der Waals surface area contributed by atoms with Crippen molar-refractivity contribution < 1.29 is 17.9 Å². The molecule has 0 radical (unpaired) electrons. The minimum Gasteiger partial charge on any atom is -0.497 e. The van der Waals surface area contributed by atoms with Gasteiger partial charge in [-0.3, -0.25) is 0 Å². The second-order valence-corrected chi connectivity index (χ2v) is 6.21. The number of methoxy groups -OCH3 is 2. The molecule has 1 rings (SSSR count). The zero-order valence-corrected chi connectivity index (χ0v) is 12.7. The highest BCUT2D eigenvalue weighted by atomic mass is 35.5. The Kier molecular flexibility index (Phi) is 5.90. The highest BCUT2D eigenvalue weighted by Gasteiger charge is 2.18. The topological polar surface area (TPSA) is 64.6 Å². The van der Waals surface area contributed by atoms with E-state index < -0.39 is 16.1 Å². The fourth-order valence-corrected chi connectivity index (χ4v) is 3.27. The normalized spacial score (nSPS) is 13.1. The molecule has 5 nitrogen and oxygen atoms in total. The van der Waals surface area contributed by atoms with E-state index in [2.05, 4.69) is 4.72 Å². The Morgan fingerprint density at radius 3 is 2.53 bits per heavy atom. The number of sulfonamides is 1. The second kappa shape index (κ2) is 6.98. The standard InChI is InChI=1S/C12H18ClNO4S/c1-9(14-19(15,16)7-6-13)11-8-10(17-2)4-5-12(11)18-3/h4-5,8-9,14H,6-7H2,1-3H3. The van der Waals surface area contributed by atoms with Gasteiger partial charge >= 0.3 is 0 Å². The van der Waals surface area contributed by atoms with E-state index in [1.807, 2.05) is 0 Å². The van der Waals surface area contributed by atoms with Crippen LogP contribution in [-0.2, 0) is 10.0 Å². The molecule has 0 fully saturated rings. The Morgan fingerprint density at radius 1 is 1.32 bits per heavy atom. The van der Waals surface area contributed by atoms with Gasteiger partial charge in [0.25, 0.3) is 0 Å². The Balaban J connectivity index is 3.01. The molecule has 1 atom stereocenters. The van der Waals surface area contributed by atoms with Gasteiger partial charge in [0.15, 0.2) is 0 Å². The second-order valence-electron chi connectivity index (χ2n) is 3.96. The number of nitrogens with one attached hydrogen (secondary N) is 1. The van der Waals surface area contributed by atoms with Crippen LogP contribution >= 0.6 is 11.6 Å². The number of alkyl halides is 1. The zero-order valence-electron chi connectivity index (χ0n) is 11.1. The molecular formula is C12H18ClNO4S. The molecule has 0 aliphatic heterocycles. The molecule has 19 heavy (non-hydrogen) atoms. The van der Waals surface area contributed by atoms with Crippen molar-refractivity contribution in [1.82, 2.24) is 4.72 Å². The molecule has 0 aromatic heterocycles. The van der Waals surface area contributed by atoms with Crippen LogP contribution in [0.2, 0.25) is 0 Å². The quantitative estimate of drug-likeness (QED) is 0.782. The number of halogens is 1. The summed E-state index contributed by atoms with van der Waals surface area (Å²) in [5, 5.41) is 0. The largest absolute Gasteiger partial charge is 0.497 e. The van der Waals surface area contributed by atoms with E-state index >= 15 is 0 Å². The molecule has 0 saturated heterocycles. The molecule has 1 aromatic rings. The first-order chi connectivity index (χ1) is 8.93. The van der Waals surface area contributed by atoms with Crippen LogP contribution in [0.1, 0.15) is 18.5 Å². The van der Waals surface area contributed by atoms with E-state index in [0.29, 0.717) is 17.1 Å². The maximum absolute atomic E-state index is 11.7. The Morgan fingerprint density at radius 2 is 2.00 bits per heavy atom. The molecule has 0 amide bonds. The maximum Gasteiger partial charge on any atom is 0.213 e. The summed E-state index contributed by atoms with van der Waals surface area (Å²) in [6.07, 6.45) is 0. The Bertz CT molecular complexity index is 518. The summed E-state index contributed by atoms with van der Waals surface area (Å²) in [5.74, 6) is 1.17. The molecule has 1 aromatic carbocycles. The van der Waals surface area contributed by atoms with Crippen molar-refractivity contribution >= 4 is 21.6 Å². The maximum atomic E-state index is 11.7. The first kappa shape index (κ1) is 16.1. The van der Waals surface area contributed by atoms with Gasteiger partial charge in [-0.15, -0.1) is 11.6 Å².